The molecule has 1 aromatic carbocycles. The molecule has 1 N–H and O–H groups in total. The van der Waals surface area contributed by atoms with Crippen LogP contribution >= 0.6 is 0 Å². The summed E-state index contributed by atoms with van der Waals surface area (Å²) in [6.07, 6.45) is -0.462. The van der Waals surface area contributed by atoms with Gasteiger partial charge in [-0.05, 0) is 25.8 Å². The van der Waals surface area contributed by atoms with Gasteiger partial charge >= 0.3 is 12.2 Å². The summed E-state index contributed by atoms with van der Waals surface area (Å²) in [7, 11) is 0. The molecular weight excluding hydrogens is 324 g/mol. The van der Waals surface area contributed by atoms with Gasteiger partial charge in [-0.3, -0.25) is 0 Å². The average Bonchev–Trinajstić information content (AvgIpc) is 3.07. The summed E-state index contributed by atoms with van der Waals surface area (Å²) in [5.74, 6) is 0. The van der Waals surface area contributed by atoms with Gasteiger partial charge in [0.05, 0.1) is 18.8 Å². The lowest BCUT2D eigenvalue weighted by molar-refractivity contribution is 0.0556. The van der Waals surface area contributed by atoms with Gasteiger partial charge in [0.25, 0.3) is 0 Å². The molecule has 2 amide bonds. The van der Waals surface area contributed by atoms with Gasteiger partial charge in [0.1, 0.15) is 6.61 Å². The number of ether oxygens (including phenoxy) is 2. The van der Waals surface area contributed by atoms with E-state index in [1.54, 1.807) is 18.7 Å². The predicted molar refractivity (Wildman–Crippen MR) is 92.0 cm³/mol. The number of benzene rings is 1. The molecule has 2 rings (SSSR count). The van der Waals surface area contributed by atoms with Crippen molar-refractivity contribution in [1.82, 2.24) is 9.80 Å². The van der Waals surface area contributed by atoms with Gasteiger partial charge < -0.3 is 24.4 Å². The number of carbonyl (C=O) groups is 2. The maximum absolute atomic E-state index is 12.2. The van der Waals surface area contributed by atoms with Gasteiger partial charge in [-0.25, -0.2) is 9.59 Å². The van der Waals surface area contributed by atoms with E-state index in [1.807, 2.05) is 30.3 Å². The monoisotopic (exact) mass is 350 g/mol. The molecule has 0 bridgehead atoms. The first kappa shape index (κ1) is 19.1. The molecule has 1 heterocycles. The Labute approximate surface area is 148 Å². The number of nitrogens with zero attached hydrogens (tertiary/aromatic N) is 2. The summed E-state index contributed by atoms with van der Waals surface area (Å²) in [5, 5.41) is 9.21. The Kier molecular flexibility index (Phi) is 7.06. The molecule has 0 spiro atoms. The van der Waals surface area contributed by atoms with Crippen molar-refractivity contribution in [2.45, 2.75) is 39.0 Å². The van der Waals surface area contributed by atoms with E-state index in [2.05, 4.69) is 0 Å². The molecule has 1 aliphatic rings. The minimum Gasteiger partial charge on any atom is -0.447 e. The Morgan fingerprint density at radius 1 is 1.32 bits per heavy atom. The van der Waals surface area contributed by atoms with E-state index >= 15 is 0 Å². The van der Waals surface area contributed by atoms with Gasteiger partial charge in [-0.15, -0.1) is 0 Å². The highest BCUT2D eigenvalue weighted by Gasteiger charge is 2.34. The van der Waals surface area contributed by atoms with Gasteiger partial charge in [0.15, 0.2) is 0 Å². The number of hydrogen-bond acceptors (Lipinski definition) is 5. The standard InChI is InChI=1S/C18H26N2O5/c1-14(2)25-18(23)20(10-11-21)16-8-9-19(12-16)17(22)24-13-15-6-4-3-5-7-15/h3-7,14,16,21H,8-13H2,1-2H3. The third-order valence-electron chi connectivity index (χ3n) is 3.98. The van der Waals surface area contributed by atoms with E-state index in [0.717, 1.165) is 5.56 Å². The molecule has 0 aliphatic carbocycles. The summed E-state index contributed by atoms with van der Waals surface area (Å²) in [6, 6.07) is 9.30. The van der Waals surface area contributed by atoms with Crippen LogP contribution in [0.1, 0.15) is 25.8 Å². The van der Waals surface area contributed by atoms with Crippen molar-refractivity contribution in [3.05, 3.63) is 35.9 Å². The third-order valence-corrected chi connectivity index (χ3v) is 3.98. The number of aliphatic hydroxyl groups excluding tert-OH is 1. The summed E-state index contributed by atoms with van der Waals surface area (Å²) in [4.78, 5) is 27.5. The highest BCUT2D eigenvalue weighted by atomic mass is 16.6. The van der Waals surface area contributed by atoms with Crippen LogP contribution < -0.4 is 0 Å². The van der Waals surface area contributed by atoms with Crippen LogP contribution in [-0.2, 0) is 16.1 Å². The molecule has 7 heteroatoms. The Bertz CT molecular complexity index is 564. The molecule has 1 saturated heterocycles. The second-order valence-corrected chi connectivity index (χ2v) is 6.28. The minimum atomic E-state index is -0.464. The van der Waals surface area contributed by atoms with E-state index in [4.69, 9.17) is 9.47 Å². The molecule has 1 fully saturated rings. The van der Waals surface area contributed by atoms with Crippen molar-refractivity contribution < 1.29 is 24.2 Å². The Balaban J connectivity index is 1.87. The predicted octanol–water partition coefficient (Wildman–Crippen LogP) is 2.24. The minimum absolute atomic E-state index is 0.151. The largest absolute Gasteiger partial charge is 0.447 e. The second kappa shape index (κ2) is 9.27. The Morgan fingerprint density at radius 2 is 2.04 bits per heavy atom. The zero-order chi connectivity index (χ0) is 18.2. The van der Waals surface area contributed by atoms with Crippen molar-refractivity contribution in [2.75, 3.05) is 26.2 Å². The van der Waals surface area contributed by atoms with E-state index in [-0.39, 0.29) is 31.9 Å². The van der Waals surface area contributed by atoms with E-state index in [9.17, 15) is 14.7 Å². The average molecular weight is 350 g/mol. The lowest BCUT2D eigenvalue weighted by Gasteiger charge is -2.28. The van der Waals surface area contributed by atoms with Crippen molar-refractivity contribution in [2.24, 2.45) is 0 Å². The van der Waals surface area contributed by atoms with Crippen molar-refractivity contribution in [3.63, 3.8) is 0 Å². The second-order valence-electron chi connectivity index (χ2n) is 6.28. The number of hydrogen-bond donors (Lipinski definition) is 1. The lowest BCUT2D eigenvalue weighted by Crippen LogP contribution is -2.45. The van der Waals surface area contributed by atoms with Crippen LogP contribution in [0, 0.1) is 0 Å². The van der Waals surface area contributed by atoms with Crippen LogP contribution in [0.3, 0.4) is 0 Å². The fraction of sp³-hybridized carbons (Fsp3) is 0.556. The molecular formula is C18H26N2O5. The molecule has 138 valence electrons. The summed E-state index contributed by atoms with van der Waals surface area (Å²) >= 11 is 0. The maximum Gasteiger partial charge on any atom is 0.410 e. The summed E-state index contributed by atoms with van der Waals surface area (Å²) in [5.41, 5.74) is 0.925. The zero-order valence-electron chi connectivity index (χ0n) is 14.8. The van der Waals surface area contributed by atoms with Gasteiger partial charge in [0, 0.05) is 19.6 Å². The quantitative estimate of drug-likeness (QED) is 0.851. The Hall–Kier alpha value is -2.28. The van der Waals surface area contributed by atoms with Crippen LogP contribution in [0.25, 0.3) is 0 Å². The fourth-order valence-electron chi connectivity index (χ4n) is 2.77. The zero-order valence-corrected chi connectivity index (χ0v) is 14.8. The van der Waals surface area contributed by atoms with Crippen LogP contribution in [0.15, 0.2) is 30.3 Å². The molecule has 1 aromatic rings. The van der Waals surface area contributed by atoms with Crippen molar-refractivity contribution in [1.29, 1.82) is 0 Å². The normalized spacial score (nSPS) is 16.8. The third kappa shape index (κ3) is 5.63. The molecule has 0 radical (unpaired) electrons. The van der Waals surface area contributed by atoms with Crippen LogP contribution in [-0.4, -0.2) is 65.5 Å². The molecule has 7 nitrogen and oxygen atoms in total. The molecule has 25 heavy (non-hydrogen) atoms. The number of likely N-dealkylation sites (tertiary alicyclic amines) is 1. The number of carbonyl (C=O) groups excluding carboxylic acids is 2. The number of amides is 2. The van der Waals surface area contributed by atoms with Gasteiger partial charge in [0.2, 0.25) is 0 Å². The number of aliphatic hydroxyl groups is 1. The van der Waals surface area contributed by atoms with Crippen LogP contribution in [0.2, 0.25) is 0 Å². The van der Waals surface area contributed by atoms with Gasteiger partial charge in [-0.2, -0.15) is 0 Å². The molecule has 0 saturated carbocycles. The summed E-state index contributed by atoms with van der Waals surface area (Å²) < 4.78 is 10.5. The molecule has 1 unspecified atom stereocenters. The highest BCUT2D eigenvalue weighted by molar-refractivity contribution is 5.70. The summed E-state index contributed by atoms with van der Waals surface area (Å²) in [6.45, 7) is 4.69. The smallest absolute Gasteiger partial charge is 0.410 e. The fourth-order valence-corrected chi connectivity index (χ4v) is 2.77. The number of rotatable bonds is 6. The SMILES string of the molecule is CC(C)OC(=O)N(CCO)C1CCN(C(=O)OCc2ccccc2)C1. The van der Waals surface area contributed by atoms with E-state index in [0.29, 0.717) is 19.5 Å². The lowest BCUT2D eigenvalue weighted by atomic mass is 10.2. The van der Waals surface area contributed by atoms with Crippen LogP contribution in [0.4, 0.5) is 9.59 Å². The first-order chi connectivity index (χ1) is 12.0. The van der Waals surface area contributed by atoms with Gasteiger partial charge in [-0.1, -0.05) is 30.3 Å². The first-order valence-electron chi connectivity index (χ1n) is 8.55. The molecule has 1 atom stereocenters. The Morgan fingerprint density at radius 3 is 2.68 bits per heavy atom. The topological polar surface area (TPSA) is 79.3 Å². The highest BCUT2D eigenvalue weighted by Crippen LogP contribution is 2.18. The first-order valence-corrected chi connectivity index (χ1v) is 8.55. The molecule has 1 aliphatic heterocycles. The van der Waals surface area contributed by atoms with Crippen molar-refractivity contribution >= 4 is 12.2 Å². The molecule has 0 aromatic heterocycles. The van der Waals surface area contributed by atoms with E-state index in [1.165, 1.54) is 4.90 Å². The van der Waals surface area contributed by atoms with E-state index < -0.39 is 12.2 Å². The maximum atomic E-state index is 12.2. The van der Waals surface area contributed by atoms with Crippen LogP contribution in [0.5, 0.6) is 0 Å². The van der Waals surface area contributed by atoms with Crippen molar-refractivity contribution in [3.8, 4) is 0 Å².